The van der Waals surface area contributed by atoms with Crippen LogP contribution in [-0.2, 0) is 17.6 Å². The minimum Gasteiger partial charge on any atom is -0.396 e. The Labute approximate surface area is 125 Å². The number of imidazole rings is 1. The van der Waals surface area contributed by atoms with Crippen LogP contribution in [0.15, 0.2) is 6.33 Å². The summed E-state index contributed by atoms with van der Waals surface area (Å²) < 4.78 is 7.75. The zero-order valence-electron chi connectivity index (χ0n) is 12.6. The average molecular weight is 291 g/mol. The van der Waals surface area contributed by atoms with Gasteiger partial charge in [0.05, 0.1) is 37.3 Å². The maximum atomic E-state index is 9.58. The van der Waals surface area contributed by atoms with E-state index in [0.717, 1.165) is 26.1 Å². The number of aromatic nitrogens is 2. The van der Waals surface area contributed by atoms with Crippen molar-refractivity contribution in [1.82, 2.24) is 14.5 Å². The highest BCUT2D eigenvalue weighted by molar-refractivity contribution is 5.17. The lowest BCUT2D eigenvalue weighted by Gasteiger charge is -2.42. The Kier molecular flexibility index (Phi) is 3.52. The third-order valence-corrected chi connectivity index (χ3v) is 5.41. The SMILES string of the molecule is OCC1(CN2CCC(n3cnc4c3CCCC4)C2)COC1. The van der Waals surface area contributed by atoms with E-state index in [1.165, 1.54) is 37.1 Å². The Balaban J connectivity index is 1.43. The lowest BCUT2D eigenvalue weighted by atomic mass is 9.86. The Morgan fingerprint density at radius 1 is 1.33 bits per heavy atom. The molecule has 0 amide bonds. The number of nitrogens with zero attached hydrogens (tertiary/aromatic N) is 3. The second-order valence-electron chi connectivity index (χ2n) is 7.08. The van der Waals surface area contributed by atoms with Crippen LogP contribution in [0, 0.1) is 5.41 Å². The summed E-state index contributed by atoms with van der Waals surface area (Å²) in [6.45, 7) is 4.85. The Morgan fingerprint density at radius 3 is 2.95 bits per heavy atom. The van der Waals surface area contributed by atoms with Gasteiger partial charge in [0.25, 0.3) is 0 Å². The molecule has 1 N–H and O–H groups in total. The maximum absolute atomic E-state index is 9.58. The summed E-state index contributed by atoms with van der Waals surface area (Å²) in [6.07, 6.45) is 8.22. The summed E-state index contributed by atoms with van der Waals surface area (Å²) in [4.78, 5) is 7.13. The predicted molar refractivity (Wildman–Crippen MR) is 79.3 cm³/mol. The van der Waals surface area contributed by atoms with Crippen molar-refractivity contribution in [3.8, 4) is 0 Å². The van der Waals surface area contributed by atoms with Gasteiger partial charge in [-0.05, 0) is 32.1 Å². The van der Waals surface area contributed by atoms with Gasteiger partial charge in [0.1, 0.15) is 0 Å². The van der Waals surface area contributed by atoms with Crippen LogP contribution in [0.5, 0.6) is 0 Å². The Hall–Kier alpha value is -0.910. The van der Waals surface area contributed by atoms with Crippen molar-refractivity contribution in [1.29, 1.82) is 0 Å². The minimum absolute atomic E-state index is 0.00323. The first-order valence-electron chi connectivity index (χ1n) is 8.25. The number of aliphatic hydroxyl groups is 1. The minimum atomic E-state index is 0.00323. The molecule has 2 saturated heterocycles. The molecule has 0 bridgehead atoms. The molecule has 0 aromatic carbocycles. The standard InChI is InChI=1S/C16H25N3O2/c20-9-16(10-21-11-16)8-18-6-5-13(7-18)19-12-17-14-3-1-2-4-15(14)19/h12-13,20H,1-11H2. The lowest BCUT2D eigenvalue weighted by molar-refractivity contribution is -0.146. The summed E-state index contributed by atoms with van der Waals surface area (Å²) in [5.41, 5.74) is 2.82. The van der Waals surface area contributed by atoms with E-state index in [4.69, 9.17) is 4.74 Å². The number of hydrogen-bond donors (Lipinski definition) is 1. The van der Waals surface area contributed by atoms with Crippen LogP contribution < -0.4 is 0 Å². The number of hydrogen-bond acceptors (Lipinski definition) is 4. The second-order valence-corrected chi connectivity index (χ2v) is 7.08. The molecule has 2 fully saturated rings. The molecular formula is C16H25N3O2. The van der Waals surface area contributed by atoms with Gasteiger partial charge in [-0.1, -0.05) is 0 Å². The van der Waals surface area contributed by atoms with E-state index in [-0.39, 0.29) is 12.0 Å². The fourth-order valence-electron chi connectivity index (χ4n) is 4.09. The highest BCUT2D eigenvalue weighted by Gasteiger charge is 2.41. The second kappa shape index (κ2) is 5.38. The third kappa shape index (κ3) is 2.41. The molecule has 5 nitrogen and oxygen atoms in total. The van der Waals surface area contributed by atoms with Gasteiger partial charge in [0.15, 0.2) is 0 Å². The van der Waals surface area contributed by atoms with E-state index >= 15 is 0 Å². The van der Waals surface area contributed by atoms with Gasteiger partial charge in [0.2, 0.25) is 0 Å². The summed E-state index contributed by atoms with van der Waals surface area (Å²) >= 11 is 0. The topological polar surface area (TPSA) is 50.5 Å². The van der Waals surface area contributed by atoms with Crippen LogP contribution in [0.25, 0.3) is 0 Å². The van der Waals surface area contributed by atoms with Gasteiger partial charge in [-0.25, -0.2) is 4.98 Å². The van der Waals surface area contributed by atoms with Gasteiger partial charge in [-0.15, -0.1) is 0 Å². The van der Waals surface area contributed by atoms with Crippen molar-refractivity contribution < 1.29 is 9.84 Å². The first-order valence-corrected chi connectivity index (χ1v) is 8.25. The zero-order chi connectivity index (χ0) is 14.3. The molecule has 1 aliphatic carbocycles. The highest BCUT2D eigenvalue weighted by atomic mass is 16.5. The fourth-order valence-corrected chi connectivity index (χ4v) is 4.09. The van der Waals surface area contributed by atoms with Crippen molar-refractivity contribution in [2.45, 2.75) is 38.1 Å². The van der Waals surface area contributed by atoms with Gasteiger partial charge >= 0.3 is 0 Å². The molecule has 1 aromatic rings. The van der Waals surface area contributed by atoms with Crippen LogP contribution in [-0.4, -0.2) is 59.0 Å². The first kappa shape index (κ1) is 13.7. The van der Waals surface area contributed by atoms with Crippen molar-refractivity contribution in [2.24, 2.45) is 5.41 Å². The quantitative estimate of drug-likeness (QED) is 0.900. The number of likely N-dealkylation sites (tertiary alicyclic amines) is 1. The highest BCUT2D eigenvalue weighted by Crippen LogP contribution is 2.33. The molecule has 0 radical (unpaired) electrons. The fraction of sp³-hybridized carbons (Fsp3) is 0.812. The van der Waals surface area contributed by atoms with Crippen molar-refractivity contribution in [3.63, 3.8) is 0 Å². The molecule has 5 heteroatoms. The summed E-state index contributed by atoms with van der Waals surface area (Å²) in [7, 11) is 0. The summed E-state index contributed by atoms with van der Waals surface area (Å²) in [5.74, 6) is 0. The van der Waals surface area contributed by atoms with Crippen LogP contribution in [0.4, 0.5) is 0 Å². The van der Waals surface area contributed by atoms with E-state index in [1.807, 2.05) is 0 Å². The van der Waals surface area contributed by atoms with E-state index in [2.05, 4.69) is 20.8 Å². The molecular weight excluding hydrogens is 266 g/mol. The summed E-state index contributed by atoms with van der Waals surface area (Å²) in [6, 6.07) is 0.566. The number of rotatable bonds is 4. The normalized spacial score (nSPS) is 28.3. The average Bonchev–Trinajstić information content (AvgIpc) is 3.09. The van der Waals surface area contributed by atoms with E-state index in [1.54, 1.807) is 0 Å². The van der Waals surface area contributed by atoms with Gasteiger partial charge in [0, 0.05) is 31.4 Å². The predicted octanol–water partition coefficient (Wildman–Crippen LogP) is 1.02. The summed E-state index contributed by atoms with van der Waals surface area (Å²) in [5, 5.41) is 9.58. The van der Waals surface area contributed by atoms with Crippen molar-refractivity contribution in [2.75, 3.05) is 39.5 Å². The van der Waals surface area contributed by atoms with E-state index < -0.39 is 0 Å². The van der Waals surface area contributed by atoms with E-state index in [9.17, 15) is 5.11 Å². The smallest absolute Gasteiger partial charge is 0.0954 e. The molecule has 1 atom stereocenters. The van der Waals surface area contributed by atoms with Gasteiger partial charge in [-0.2, -0.15) is 0 Å². The van der Waals surface area contributed by atoms with E-state index in [0.29, 0.717) is 19.3 Å². The Morgan fingerprint density at radius 2 is 2.19 bits per heavy atom. The van der Waals surface area contributed by atoms with Crippen LogP contribution in [0.1, 0.15) is 36.7 Å². The van der Waals surface area contributed by atoms with Crippen LogP contribution >= 0.6 is 0 Å². The van der Waals surface area contributed by atoms with Gasteiger partial charge in [-0.3, -0.25) is 0 Å². The molecule has 3 aliphatic rings. The zero-order valence-corrected chi connectivity index (χ0v) is 12.6. The number of fused-ring (bicyclic) bond motifs is 1. The molecule has 116 valence electrons. The first-order chi connectivity index (χ1) is 10.3. The molecule has 0 saturated carbocycles. The number of aryl methyl sites for hydroxylation is 1. The monoisotopic (exact) mass is 291 g/mol. The van der Waals surface area contributed by atoms with Crippen LogP contribution in [0.2, 0.25) is 0 Å². The largest absolute Gasteiger partial charge is 0.396 e. The molecule has 1 unspecified atom stereocenters. The van der Waals surface area contributed by atoms with Crippen LogP contribution in [0.3, 0.4) is 0 Å². The molecule has 3 heterocycles. The third-order valence-electron chi connectivity index (χ3n) is 5.41. The molecule has 2 aliphatic heterocycles. The van der Waals surface area contributed by atoms with Crippen molar-refractivity contribution in [3.05, 3.63) is 17.7 Å². The van der Waals surface area contributed by atoms with Crippen molar-refractivity contribution >= 4 is 0 Å². The van der Waals surface area contributed by atoms with Gasteiger partial charge < -0.3 is 19.3 Å². The molecule has 0 spiro atoms. The lowest BCUT2D eigenvalue weighted by Crippen LogP contribution is -2.52. The number of aliphatic hydroxyl groups excluding tert-OH is 1. The molecule has 4 rings (SSSR count). The number of ether oxygens (including phenoxy) is 1. The molecule has 1 aromatic heterocycles. The molecule has 21 heavy (non-hydrogen) atoms. The Bertz CT molecular complexity index is 504. The maximum Gasteiger partial charge on any atom is 0.0954 e.